The summed E-state index contributed by atoms with van der Waals surface area (Å²) in [6.07, 6.45) is 0.256. The average molecular weight is 283 g/mol. The molecule has 2 aromatic rings. The summed E-state index contributed by atoms with van der Waals surface area (Å²) in [5.41, 5.74) is 1.81. The molecule has 21 heavy (non-hydrogen) atoms. The monoisotopic (exact) mass is 283 g/mol. The molecule has 0 saturated heterocycles. The molecule has 1 aliphatic heterocycles. The molecule has 1 aliphatic rings. The second-order valence-corrected chi connectivity index (χ2v) is 5.14. The molecule has 1 atom stereocenters. The SMILES string of the molecule is CC1Oc2ccc(O)cc2N(CCc2ccccc2)C1=O. The van der Waals surface area contributed by atoms with Gasteiger partial charge in [0.25, 0.3) is 5.91 Å². The van der Waals surface area contributed by atoms with Crippen LogP contribution in [0.5, 0.6) is 11.5 Å². The molecule has 3 rings (SSSR count). The maximum absolute atomic E-state index is 12.3. The summed E-state index contributed by atoms with van der Waals surface area (Å²) >= 11 is 0. The Morgan fingerprint density at radius 1 is 1.19 bits per heavy atom. The number of carbonyl (C=O) groups is 1. The van der Waals surface area contributed by atoms with Crippen LogP contribution in [0.2, 0.25) is 0 Å². The van der Waals surface area contributed by atoms with E-state index in [-0.39, 0.29) is 11.7 Å². The molecule has 0 aliphatic carbocycles. The molecule has 1 N–H and O–H groups in total. The minimum Gasteiger partial charge on any atom is -0.508 e. The lowest BCUT2D eigenvalue weighted by atomic mass is 10.1. The molecular weight excluding hydrogens is 266 g/mol. The van der Waals surface area contributed by atoms with Gasteiger partial charge in [0.15, 0.2) is 6.10 Å². The Bertz CT molecular complexity index is 654. The number of ether oxygens (including phenoxy) is 1. The second-order valence-electron chi connectivity index (χ2n) is 5.14. The molecule has 4 heteroatoms. The molecule has 1 amide bonds. The highest BCUT2D eigenvalue weighted by atomic mass is 16.5. The molecule has 0 fully saturated rings. The van der Waals surface area contributed by atoms with Gasteiger partial charge in [0.2, 0.25) is 0 Å². The lowest BCUT2D eigenvalue weighted by molar-refractivity contribution is -0.125. The zero-order valence-corrected chi connectivity index (χ0v) is 11.8. The van der Waals surface area contributed by atoms with Crippen molar-refractivity contribution in [3.8, 4) is 11.5 Å². The van der Waals surface area contributed by atoms with Crippen LogP contribution in [0.25, 0.3) is 0 Å². The molecule has 0 radical (unpaired) electrons. The van der Waals surface area contributed by atoms with Gasteiger partial charge in [-0.05, 0) is 31.0 Å². The van der Waals surface area contributed by atoms with Crippen molar-refractivity contribution in [1.82, 2.24) is 0 Å². The highest BCUT2D eigenvalue weighted by Crippen LogP contribution is 2.36. The molecule has 1 unspecified atom stereocenters. The van der Waals surface area contributed by atoms with Crippen LogP contribution >= 0.6 is 0 Å². The van der Waals surface area contributed by atoms with Crippen molar-refractivity contribution in [3.63, 3.8) is 0 Å². The molecule has 108 valence electrons. The van der Waals surface area contributed by atoms with Crippen LogP contribution in [0.1, 0.15) is 12.5 Å². The van der Waals surface area contributed by atoms with Gasteiger partial charge in [0, 0.05) is 12.6 Å². The van der Waals surface area contributed by atoms with Crippen molar-refractivity contribution in [2.75, 3.05) is 11.4 Å². The zero-order valence-electron chi connectivity index (χ0n) is 11.8. The van der Waals surface area contributed by atoms with E-state index in [1.165, 1.54) is 5.56 Å². The van der Waals surface area contributed by atoms with Crippen molar-refractivity contribution < 1.29 is 14.6 Å². The molecular formula is C17H17NO3. The van der Waals surface area contributed by atoms with Gasteiger partial charge in [0.1, 0.15) is 11.5 Å². The number of rotatable bonds is 3. The van der Waals surface area contributed by atoms with Crippen molar-refractivity contribution in [2.45, 2.75) is 19.4 Å². The Morgan fingerprint density at radius 3 is 2.71 bits per heavy atom. The second kappa shape index (κ2) is 5.48. The van der Waals surface area contributed by atoms with E-state index in [1.54, 1.807) is 30.0 Å². The van der Waals surface area contributed by atoms with Gasteiger partial charge in [-0.3, -0.25) is 4.79 Å². The predicted molar refractivity (Wildman–Crippen MR) is 80.7 cm³/mol. The normalized spacial score (nSPS) is 17.3. The first-order valence-corrected chi connectivity index (χ1v) is 7.00. The van der Waals surface area contributed by atoms with Crippen LogP contribution in [0.3, 0.4) is 0 Å². The Balaban J connectivity index is 1.86. The van der Waals surface area contributed by atoms with Crippen LogP contribution in [-0.2, 0) is 11.2 Å². The number of fused-ring (bicyclic) bond motifs is 1. The highest BCUT2D eigenvalue weighted by molar-refractivity contribution is 6.00. The summed E-state index contributed by atoms with van der Waals surface area (Å²) in [4.78, 5) is 14.0. The number of hydrogen-bond acceptors (Lipinski definition) is 3. The van der Waals surface area contributed by atoms with E-state index in [9.17, 15) is 9.90 Å². The van der Waals surface area contributed by atoms with Crippen LogP contribution in [0, 0.1) is 0 Å². The maximum atomic E-state index is 12.3. The lowest BCUT2D eigenvalue weighted by Gasteiger charge is -2.33. The Kier molecular flexibility index (Phi) is 3.52. The van der Waals surface area contributed by atoms with Crippen LogP contribution in [0.15, 0.2) is 48.5 Å². The fourth-order valence-electron chi connectivity index (χ4n) is 2.51. The quantitative estimate of drug-likeness (QED) is 0.942. The number of aromatic hydroxyl groups is 1. The number of nitrogens with zero attached hydrogens (tertiary/aromatic N) is 1. The minimum atomic E-state index is -0.502. The van der Waals surface area contributed by atoms with Crippen LogP contribution in [-0.4, -0.2) is 23.7 Å². The standard InChI is InChI=1S/C17H17NO3/c1-12-17(20)18(10-9-13-5-3-2-4-6-13)15-11-14(19)7-8-16(15)21-12/h2-8,11-12,19H,9-10H2,1H3. The molecule has 0 saturated carbocycles. The fraction of sp³-hybridized carbons (Fsp3) is 0.235. The van der Waals surface area contributed by atoms with Gasteiger partial charge >= 0.3 is 0 Å². The molecule has 0 bridgehead atoms. The van der Waals surface area contributed by atoms with Gasteiger partial charge in [-0.2, -0.15) is 0 Å². The minimum absolute atomic E-state index is 0.0796. The van der Waals surface area contributed by atoms with Gasteiger partial charge in [-0.1, -0.05) is 30.3 Å². The van der Waals surface area contributed by atoms with Crippen molar-refractivity contribution in [3.05, 3.63) is 54.1 Å². The van der Waals surface area contributed by atoms with E-state index in [0.717, 1.165) is 6.42 Å². The summed E-state index contributed by atoms with van der Waals surface area (Å²) in [5.74, 6) is 0.682. The first kappa shape index (κ1) is 13.5. The Hall–Kier alpha value is -2.49. The van der Waals surface area contributed by atoms with E-state index in [0.29, 0.717) is 18.0 Å². The summed E-state index contributed by atoms with van der Waals surface area (Å²) < 4.78 is 5.58. The first-order valence-electron chi connectivity index (χ1n) is 7.00. The van der Waals surface area contributed by atoms with Gasteiger partial charge in [-0.25, -0.2) is 0 Å². The zero-order chi connectivity index (χ0) is 14.8. The molecule has 2 aromatic carbocycles. The van der Waals surface area contributed by atoms with Crippen molar-refractivity contribution in [2.24, 2.45) is 0 Å². The fourth-order valence-corrected chi connectivity index (χ4v) is 2.51. The third kappa shape index (κ3) is 2.70. The number of carbonyl (C=O) groups excluding carboxylic acids is 1. The van der Waals surface area contributed by atoms with Crippen molar-refractivity contribution in [1.29, 1.82) is 0 Å². The van der Waals surface area contributed by atoms with E-state index < -0.39 is 6.10 Å². The van der Waals surface area contributed by atoms with E-state index in [2.05, 4.69) is 0 Å². The number of benzene rings is 2. The topological polar surface area (TPSA) is 49.8 Å². The van der Waals surface area contributed by atoms with Crippen molar-refractivity contribution >= 4 is 11.6 Å². The molecule has 1 heterocycles. The number of hydrogen-bond donors (Lipinski definition) is 1. The summed E-state index contributed by atoms with van der Waals surface area (Å²) in [5, 5.41) is 9.65. The van der Waals surface area contributed by atoms with E-state index in [1.807, 2.05) is 30.3 Å². The third-order valence-electron chi connectivity index (χ3n) is 3.62. The highest BCUT2D eigenvalue weighted by Gasteiger charge is 2.31. The summed E-state index contributed by atoms with van der Waals surface area (Å²) in [6.45, 7) is 2.31. The summed E-state index contributed by atoms with van der Waals surface area (Å²) in [7, 11) is 0. The smallest absolute Gasteiger partial charge is 0.267 e. The average Bonchev–Trinajstić information content (AvgIpc) is 2.49. The van der Waals surface area contributed by atoms with Gasteiger partial charge < -0.3 is 14.7 Å². The molecule has 4 nitrogen and oxygen atoms in total. The van der Waals surface area contributed by atoms with Crippen LogP contribution < -0.4 is 9.64 Å². The predicted octanol–water partition coefficient (Wildman–Crippen LogP) is 2.75. The van der Waals surface area contributed by atoms with Crippen LogP contribution in [0.4, 0.5) is 5.69 Å². The number of anilines is 1. The lowest BCUT2D eigenvalue weighted by Crippen LogP contribution is -2.45. The first-order chi connectivity index (χ1) is 10.1. The number of phenols is 1. The largest absolute Gasteiger partial charge is 0.508 e. The van der Waals surface area contributed by atoms with Gasteiger partial charge in [0.05, 0.1) is 5.69 Å². The van der Waals surface area contributed by atoms with E-state index in [4.69, 9.17) is 4.74 Å². The molecule has 0 spiro atoms. The van der Waals surface area contributed by atoms with Gasteiger partial charge in [-0.15, -0.1) is 0 Å². The third-order valence-corrected chi connectivity index (χ3v) is 3.62. The Morgan fingerprint density at radius 2 is 1.95 bits per heavy atom. The number of phenolic OH excluding ortho intramolecular Hbond substituents is 1. The maximum Gasteiger partial charge on any atom is 0.267 e. The molecule has 0 aromatic heterocycles. The van der Waals surface area contributed by atoms with E-state index >= 15 is 0 Å². The summed E-state index contributed by atoms with van der Waals surface area (Å²) in [6, 6.07) is 14.9. The Labute approximate surface area is 123 Å². The number of amides is 1.